The third-order valence-corrected chi connectivity index (χ3v) is 5.88. The van der Waals surface area contributed by atoms with E-state index >= 15 is 0 Å². The van der Waals surface area contributed by atoms with Crippen LogP contribution in [-0.4, -0.2) is 42.0 Å². The third-order valence-electron chi connectivity index (χ3n) is 5.39. The molecule has 0 aromatic heterocycles. The van der Waals surface area contributed by atoms with Crippen molar-refractivity contribution in [2.24, 2.45) is 0 Å². The first-order chi connectivity index (χ1) is 11.2. The minimum absolute atomic E-state index is 0. The molecule has 2 bridgehead atoms. The highest BCUT2D eigenvalue weighted by Gasteiger charge is 2.34. The van der Waals surface area contributed by atoms with Gasteiger partial charge in [-0.25, -0.2) is 0 Å². The zero-order chi connectivity index (χ0) is 15.8. The lowest BCUT2D eigenvalue weighted by molar-refractivity contribution is 0.0345. The molecule has 0 aliphatic carbocycles. The van der Waals surface area contributed by atoms with Gasteiger partial charge in [0, 0.05) is 36.2 Å². The molecule has 2 unspecified atom stereocenters. The van der Waals surface area contributed by atoms with Gasteiger partial charge in [-0.2, -0.15) is 0 Å². The van der Waals surface area contributed by atoms with Gasteiger partial charge in [0.1, 0.15) is 0 Å². The normalized spacial score (nSPS) is 23.0. The van der Waals surface area contributed by atoms with Crippen LogP contribution in [-0.2, 0) is 19.4 Å². The molecule has 0 saturated carbocycles. The van der Waals surface area contributed by atoms with E-state index in [0.29, 0.717) is 12.1 Å². The fourth-order valence-corrected chi connectivity index (χ4v) is 4.54. The molecule has 136 valence electrons. The summed E-state index contributed by atoms with van der Waals surface area (Å²) in [7, 11) is 2.29. The lowest BCUT2D eigenvalue weighted by Crippen LogP contribution is -2.59. The Morgan fingerprint density at radius 3 is 2.28 bits per heavy atom. The molecule has 3 heterocycles. The Labute approximate surface area is 171 Å². The van der Waals surface area contributed by atoms with Crippen LogP contribution in [0, 0.1) is 0 Å². The predicted octanol–water partition coefficient (Wildman–Crippen LogP) is 4.58. The number of hydrogen-bond donors (Lipinski definition) is 0. The van der Waals surface area contributed by atoms with Crippen LogP contribution < -0.4 is 0 Å². The van der Waals surface area contributed by atoms with Crippen molar-refractivity contribution in [2.75, 3.05) is 20.1 Å². The fraction of sp³-hybridized carbons (Fsp3) is 0.400. The number of hydrogen-bond acceptors (Lipinski definition) is 2. The average molecular weight is 444 g/mol. The van der Waals surface area contributed by atoms with E-state index in [-0.39, 0.29) is 24.8 Å². The molecule has 3 aliphatic heterocycles. The number of likely N-dealkylation sites (N-methyl/N-ethyl adjacent to an activating group) is 1. The van der Waals surface area contributed by atoms with Crippen molar-refractivity contribution in [1.82, 2.24) is 9.80 Å². The van der Waals surface area contributed by atoms with Crippen molar-refractivity contribution >= 4 is 40.7 Å². The Bertz CT molecular complexity index is 710. The van der Waals surface area contributed by atoms with Crippen LogP contribution in [0.15, 0.2) is 53.0 Å². The second-order valence-corrected chi connectivity index (χ2v) is 7.90. The Morgan fingerprint density at radius 2 is 1.60 bits per heavy atom. The van der Waals surface area contributed by atoms with Gasteiger partial charge in [-0.05, 0) is 48.7 Å². The maximum absolute atomic E-state index is 3.60. The van der Waals surface area contributed by atoms with E-state index in [1.54, 1.807) is 11.1 Å². The Balaban J connectivity index is 0.00000113. The van der Waals surface area contributed by atoms with Gasteiger partial charge >= 0.3 is 0 Å². The molecule has 0 N–H and O–H groups in total. The summed E-state index contributed by atoms with van der Waals surface area (Å²) < 4.78 is 1.18. The molecule has 1 saturated heterocycles. The van der Waals surface area contributed by atoms with Crippen molar-refractivity contribution in [3.63, 3.8) is 0 Å². The maximum Gasteiger partial charge on any atom is 0.0267 e. The molecule has 2 aromatic carbocycles. The largest absolute Gasteiger partial charge is 0.300 e. The molecule has 2 atom stereocenters. The number of nitrogens with zero attached hydrogens (tertiary/aromatic N) is 2. The summed E-state index contributed by atoms with van der Waals surface area (Å²) in [6.45, 7) is 3.39. The molecule has 2 aromatic rings. The smallest absolute Gasteiger partial charge is 0.0267 e. The molecule has 25 heavy (non-hydrogen) atoms. The average Bonchev–Trinajstić information content (AvgIpc) is 2.51. The number of benzene rings is 2. The standard InChI is InChI=1S/C20H23BrN2.2ClH/c1-22-13-20-11-17-7-3-2-6-16(17)10-19(22)14-23(20)12-15-5-4-8-18(21)9-15;;/h2-9,19-20H,10-14H2,1H3;2*1H. The first-order valence-corrected chi connectivity index (χ1v) is 9.24. The summed E-state index contributed by atoms with van der Waals surface area (Å²) in [4.78, 5) is 5.26. The number of rotatable bonds is 2. The predicted molar refractivity (Wildman–Crippen MR) is 113 cm³/mol. The van der Waals surface area contributed by atoms with Gasteiger partial charge < -0.3 is 4.90 Å². The van der Waals surface area contributed by atoms with Gasteiger partial charge in [-0.1, -0.05) is 52.3 Å². The van der Waals surface area contributed by atoms with E-state index in [4.69, 9.17) is 0 Å². The second-order valence-electron chi connectivity index (χ2n) is 6.98. The molecule has 0 amide bonds. The topological polar surface area (TPSA) is 6.48 Å². The van der Waals surface area contributed by atoms with Crippen molar-refractivity contribution in [2.45, 2.75) is 31.5 Å². The lowest BCUT2D eigenvalue weighted by atomic mass is 9.88. The molecule has 0 spiro atoms. The van der Waals surface area contributed by atoms with Gasteiger partial charge in [-0.15, -0.1) is 24.8 Å². The Morgan fingerprint density at radius 1 is 0.920 bits per heavy atom. The van der Waals surface area contributed by atoms with Gasteiger partial charge in [0.05, 0.1) is 0 Å². The van der Waals surface area contributed by atoms with Crippen molar-refractivity contribution in [3.05, 3.63) is 69.7 Å². The number of fused-ring (bicyclic) bond motifs is 2. The minimum atomic E-state index is 0. The first-order valence-electron chi connectivity index (χ1n) is 8.44. The van der Waals surface area contributed by atoms with Crippen molar-refractivity contribution < 1.29 is 0 Å². The molecule has 0 radical (unpaired) electrons. The van der Waals surface area contributed by atoms with Crippen LogP contribution in [0.2, 0.25) is 0 Å². The maximum atomic E-state index is 3.60. The molecule has 2 nitrogen and oxygen atoms in total. The molecule has 5 heteroatoms. The molecular weight excluding hydrogens is 419 g/mol. The number of halogens is 3. The van der Waals surface area contributed by atoms with E-state index in [1.165, 1.54) is 36.0 Å². The van der Waals surface area contributed by atoms with Crippen LogP contribution >= 0.6 is 40.7 Å². The van der Waals surface area contributed by atoms with Gasteiger partial charge in [0.15, 0.2) is 0 Å². The third kappa shape index (κ3) is 4.58. The quantitative estimate of drug-likeness (QED) is 0.670. The van der Waals surface area contributed by atoms with Crippen molar-refractivity contribution in [3.8, 4) is 0 Å². The Kier molecular flexibility index (Phi) is 7.36. The van der Waals surface area contributed by atoms with Gasteiger partial charge in [0.2, 0.25) is 0 Å². The van der Waals surface area contributed by atoms with E-state index in [1.807, 2.05) is 0 Å². The summed E-state index contributed by atoms with van der Waals surface area (Å²) in [6, 6.07) is 19.0. The Hall–Kier alpha value is -0.580. The summed E-state index contributed by atoms with van der Waals surface area (Å²) in [5.74, 6) is 0. The minimum Gasteiger partial charge on any atom is -0.300 e. The monoisotopic (exact) mass is 442 g/mol. The van der Waals surface area contributed by atoms with E-state index in [2.05, 4.69) is 81.3 Å². The molecule has 1 fully saturated rings. The van der Waals surface area contributed by atoms with E-state index in [0.717, 1.165) is 6.54 Å². The summed E-state index contributed by atoms with van der Waals surface area (Å²) in [5.41, 5.74) is 4.51. The molecular formula is C20H25BrCl2N2. The summed E-state index contributed by atoms with van der Waals surface area (Å²) >= 11 is 3.60. The van der Waals surface area contributed by atoms with Crippen LogP contribution in [0.25, 0.3) is 0 Å². The SMILES string of the molecule is CN1CC2Cc3ccccc3CC1CN2Cc1cccc(Br)c1.Cl.Cl. The van der Waals surface area contributed by atoms with Gasteiger partial charge in [0.25, 0.3) is 0 Å². The summed E-state index contributed by atoms with van der Waals surface area (Å²) in [5, 5.41) is 0. The zero-order valence-corrected chi connectivity index (χ0v) is 17.6. The van der Waals surface area contributed by atoms with Crippen LogP contribution in [0.1, 0.15) is 16.7 Å². The van der Waals surface area contributed by atoms with Crippen LogP contribution in [0.4, 0.5) is 0 Å². The lowest BCUT2D eigenvalue weighted by Gasteiger charge is -2.47. The van der Waals surface area contributed by atoms with Crippen LogP contribution in [0.5, 0.6) is 0 Å². The fourth-order valence-electron chi connectivity index (χ4n) is 4.10. The van der Waals surface area contributed by atoms with Gasteiger partial charge in [-0.3, -0.25) is 4.90 Å². The first kappa shape index (κ1) is 20.7. The van der Waals surface area contributed by atoms with E-state index in [9.17, 15) is 0 Å². The molecule has 3 aliphatic rings. The summed E-state index contributed by atoms with van der Waals surface area (Å²) in [6.07, 6.45) is 2.34. The van der Waals surface area contributed by atoms with Crippen LogP contribution in [0.3, 0.4) is 0 Å². The van der Waals surface area contributed by atoms with Crippen molar-refractivity contribution in [1.29, 1.82) is 0 Å². The second kappa shape index (κ2) is 8.88. The highest BCUT2D eigenvalue weighted by Crippen LogP contribution is 2.28. The molecule has 5 rings (SSSR count). The number of piperazine rings is 1. The highest BCUT2D eigenvalue weighted by atomic mass is 79.9. The highest BCUT2D eigenvalue weighted by molar-refractivity contribution is 9.10. The van der Waals surface area contributed by atoms with E-state index < -0.39 is 0 Å². The zero-order valence-electron chi connectivity index (χ0n) is 14.4.